The summed E-state index contributed by atoms with van der Waals surface area (Å²) >= 11 is 0. The van der Waals surface area contributed by atoms with Crippen LogP contribution in [0.3, 0.4) is 0 Å². The predicted molar refractivity (Wildman–Crippen MR) is 96.2 cm³/mol. The van der Waals surface area contributed by atoms with Crippen molar-refractivity contribution < 1.29 is 4.79 Å². The third-order valence-electron chi connectivity index (χ3n) is 5.00. The van der Waals surface area contributed by atoms with E-state index in [0.717, 1.165) is 57.7 Å². The first kappa shape index (κ1) is 18.0. The van der Waals surface area contributed by atoms with Gasteiger partial charge in [0.15, 0.2) is 0 Å². The van der Waals surface area contributed by atoms with E-state index in [-0.39, 0.29) is 0 Å². The van der Waals surface area contributed by atoms with Crippen LogP contribution in [0, 0.1) is 5.92 Å². The summed E-state index contributed by atoms with van der Waals surface area (Å²) in [6.45, 7) is 2.69. The van der Waals surface area contributed by atoms with Gasteiger partial charge in [-0.05, 0) is 56.6 Å². The third-order valence-corrected chi connectivity index (χ3v) is 5.00. The highest BCUT2D eigenvalue weighted by atomic mass is 16.2. The van der Waals surface area contributed by atoms with Gasteiger partial charge < -0.3 is 10.6 Å². The second kappa shape index (κ2) is 10.4. The minimum Gasteiger partial charge on any atom is -0.343 e. The van der Waals surface area contributed by atoms with Crippen LogP contribution >= 0.6 is 0 Å². The summed E-state index contributed by atoms with van der Waals surface area (Å²) in [6, 6.07) is 10.7. The average molecular weight is 316 g/mol. The minimum absolute atomic E-state index is 0.360. The Kier molecular flexibility index (Phi) is 8.16. The van der Waals surface area contributed by atoms with Gasteiger partial charge in [0.2, 0.25) is 5.91 Å². The van der Waals surface area contributed by atoms with E-state index in [0.29, 0.717) is 5.91 Å². The van der Waals surface area contributed by atoms with Crippen LogP contribution in [0.5, 0.6) is 0 Å². The molecule has 1 fully saturated rings. The molecule has 2 N–H and O–H groups in total. The van der Waals surface area contributed by atoms with Crippen molar-refractivity contribution in [2.75, 3.05) is 19.6 Å². The first-order valence-corrected chi connectivity index (χ1v) is 9.31. The van der Waals surface area contributed by atoms with Crippen LogP contribution < -0.4 is 5.73 Å². The molecule has 3 heteroatoms. The molecule has 23 heavy (non-hydrogen) atoms. The molecule has 128 valence electrons. The van der Waals surface area contributed by atoms with Crippen molar-refractivity contribution in [1.82, 2.24) is 4.90 Å². The smallest absolute Gasteiger partial charge is 0.222 e. The Balaban J connectivity index is 1.58. The summed E-state index contributed by atoms with van der Waals surface area (Å²) in [5.74, 6) is 1.14. The van der Waals surface area contributed by atoms with Crippen molar-refractivity contribution in [2.24, 2.45) is 11.7 Å². The molecule has 3 nitrogen and oxygen atoms in total. The zero-order valence-corrected chi connectivity index (χ0v) is 14.4. The number of amides is 1. The highest BCUT2D eigenvalue weighted by Crippen LogP contribution is 2.23. The second-order valence-corrected chi connectivity index (χ2v) is 6.80. The largest absolute Gasteiger partial charge is 0.343 e. The summed E-state index contributed by atoms with van der Waals surface area (Å²) in [7, 11) is 0. The van der Waals surface area contributed by atoms with Gasteiger partial charge in [0.25, 0.3) is 0 Å². The summed E-state index contributed by atoms with van der Waals surface area (Å²) in [5.41, 5.74) is 6.92. The topological polar surface area (TPSA) is 46.3 Å². The van der Waals surface area contributed by atoms with Crippen LogP contribution in [-0.4, -0.2) is 30.4 Å². The van der Waals surface area contributed by atoms with E-state index >= 15 is 0 Å². The minimum atomic E-state index is 0.360. The number of rotatable bonds is 9. The summed E-state index contributed by atoms with van der Waals surface area (Å²) in [4.78, 5) is 14.3. The summed E-state index contributed by atoms with van der Waals surface area (Å²) in [5, 5.41) is 0. The molecule has 2 rings (SSSR count). The molecule has 1 aromatic carbocycles. The van der Waals surface area contributed by atoms with Crippen molar-refractivity contribution in [3.8, 4) is 0 Å². The molecule has 0 saturated carbocycles. The van der Waals surface area contributed by atoms with Gasteiger partial charge >= 0.3 is 0 Å². The van der Waals surface area contributed by atoms with Gasteiger partial charge in [0, 0.05) is 19.5 Å². The number of carbonyl (C=O) groups is 1. The maximum atomic E-state index is 12.2. The molecule has 0 aliphatic carbocycles. The van der Waals surface area contributed by atoms with Gasteiger partial charge in [-0.2, -0.15) is 0 Å². The molecule has 1 heterocycles. The van der Waals surface area contributed by atoms with Crippen LogP contribution in [0.15, 0.2) is 30.3 Å². The number of nitrogens with two attached hydrogens (primary N) is 1. The number of unbranched alkanes of at least 4 members (excludes halogenated alkanes) is 3. The lowest BCUT2D eigenvalue weighted by atomic mass is 9.90. The number of hydrogen-bond donors (Lipinski definition) is 1. The highest BCUT2D eigenvalue weighted by molar-refractivity contribution is 5.76. The zero-order chi connectivity index (χ0) is 16.3. The third kappa shape index (κ3) is 6.74. The Bertz CT molecular complexity index is 438. The van der Waals surface area contributed by atoms with Crippen LogP contribution in [0.2, 0.25) is 0 Å². The number of likely N-dealkylation sites (tertiary alicyclic amines) is 1. The van der Waals surface area contributed by atoms with E-state index in [1.807, 2.05) is 0 Å². The van der Waals surface area contributed by atoms with Crippen molar-refractivity contribution in [3.63, 3.8) is 0 Å². The lowest BCUT2D eigenvalue weighted by molar-refractivity contribution is -0.132. The molecule has 1 saturated heterocycles. The molecular weight excluding hydrogens is 284 g/mol. The second-order valence-electron chi connectivity index (χ2n) is 6.80. The molecule has 0 aromatic heterocycles. The number of carbonyl (C=O) groups excluding carboxylic acids is 1. The van der Waals surface area contributed by atoms with Gasteiger partial charge in [-0.15, -0.1) is 0 Å². The van der Waals surface area contributed by atoms with Crippen molar-refractivity contribution in [3.05, 3.63) is 35.9 Å². The van der Waals surface area contributed by atoms with E-state index in [1.54, 1.807) is 0 Å². The quantitative estimate of drug-likeness (QED) is 0.705. The maximum Gasteiger partial charge on any atom is 0.222 e. The van der Waals surface area contributed by atoms with E-state index in [2.05, 4.69) is 35.2 Å². The number of aryl methyl sites for hydroxylation is 1. The van der Waals surface area contributed by atoms with Crippen LogP contribution in [0.1, 0.15) is 56.9 Å². The van der Waals surface area contributed by atoms with E-state index < -0.39 is 0 Å². The highest BCUT2D eigenvalue weighted by Gasteiger charge is 2.22. The van der Waals surface area contributed by atoms with Gasteiger partial charge in [0.05, 0.1) is 0 Å². The van der Waals surface area contributed by atoms with Crippen LogP contribution in [-0.2, 0) is 11.2 Å². The molecule has 0 bridgehead atoms. The normalized spacial score (nSPS) is 15.8. The van der Waals surface area contributed by atoms with E-state index in [4.69, 9.17) is 5.73 Å². The summed E-state index contributed by atoms with van der Waals surface area (Å²) < 4.78 is 0. The Hall–Kier alpha value is -1.35. The SMILES string of the molecule is NCCCCCCC(=O)N1CCC(CCc2ccccc2)CC1. The molecule has 0 unspecified atom stereocenters. The Morgan fingerprint density at radius 1 is 1.04 bits per heavy atom. The monoisotopic (exact) mass is 316 g/mol. The van der Waals surface area contributed by atoms with Gasteiger partial charge in [-0.3, -0.25) is 4.79 Å². The van der Waals surface area contributed by atoms with E-state index in [9.17, 15) is 4.79 Å². The van der Waals surface area contributed by atoms with Crippen molar-refractivity contribution in [2.45, 2.75) is 57.8 Å². The maximum absolute atomic E-state index is 12.2. The number of benzene rings is 1. The number of hydrogen-bond acceptors (Lipinski definition) is 2. The van der Waals surface area contributed by atoms with E-state index in [1.165, 1.54) is 31.2 Å². The fourth-order valence-electron chi connectivity index (χ4n) is 3.42. The van der Waals surface area contributed by atoms with Gasteiger partial charge in [-0.25, -0.2) is 0 Å². The molecular formula is C20H32N2O. The molecule has 1 aliphatic heterocycles. The summed E-state index contributed by atoms with van der Waals surface area (Å²) in [6.07, 6.45) is 9.89. The molecule has 1 amide bonds. The van der Waals surface area contributed by atoms with Crippen LogP contribution in [0.4, 0.5) is 0 Å². The fraction of sp³-hybridized carbons (Fsp3) is 0.650. The van der Waals surface area contributed by atoms with Crippen molar-refractivity contribution >= 4 is 5.91 Å². The van der Waals surface area contributed by atoms with Crippen molar-refractivity contribution in [1.29, 1.82) is 0 Å². The van der Waals surface area contributed by atoms with Gasteiger partial charge in [0.1, 0.15) is 0 Å². The Morgan fingerprint density at radius 2 is 1.74 bits per heavy atom. The number of piperidine rings is 1. The molecule has 1 aromatic rings. The lowest BCUT2D eigenvalue weighted by Crippen LogP contribution is -2.38. The standard InChI is InChI=1S/C20H32N2O/c21-15-7-2-1-6-10-20(23)22-16-13-19(14-17-22)12-11-18-8-4-3-5-9-18/h3-5,8-9,19H,1-2,6-7,10-17,21H2. The molecule has 0 spiro atoms. The Labute approximate surface area is 141 Å². The average Bonchev–Trinajstić information content (AvgIpc) is 2.61. The van der Waals surface area contributed by atoms with Crippen LogP contribution in [0.25, 0.3) is 0 Å². The first-order chi connectivity index (χ1) is 11.3. The predicted octanol–water partition coefficient (Wildman–Crippen LogP) is 3.77. The zero-order valence-electron chi connectivity index (χ0n) is 14.4. The number of nitrogens with zero attached hydrogens (tertiary/aromatic N) is 1. The fourth-order valence-corrected chi connectivity index (χ4v) is 3.42. The lowest BCUT2D eigenvalue weighted by Gasteiger charge is -2.32. The Morgan fingerprint density at radius 3 is 2.43 bits per heavy atom. The molecule has 1 aliphatic rings. The first-order valence-electron chi connectivity index (χ1n) is 9.31. The van der Waals surface area contributed by atoms with Gasteiger partial charge in [-0.1, -0.05) is 43.2 Å². The molecule has 0 radical (unpaired) electrons. The molecule has 0 atom stereocenters.